The molecule has 4 heteroatoms. The van der Waals surface area contributed by atoms with Gasteiger partial charge in [0.25, 0.3) is 0 Å². The summed E-state index contributed by atoms with van der Waals surface area (Å²) >= 11 is 1.53. The molecule has 0 spiro atoms. The Morgan fingerprint density at radius 1 is 0.964 bits per heavy atom. The first-order valence-electron chi connectivity index (χ1n) is 9.15. The molecule has 0 atom stereocenters. The van der Waals surface area contributed by atoms with Gasteiger partial charge in [-0.25, -0.2) is 4.98 Å². The Bertz CT molecular complexity index is 1110. The van der Waals surface area contributed by atoms with Crippen LogP contribution in [0.5, 0.6) is 5.75 Å². The zero-order valence-electron chi connectivity index (χ0n) is 15.5. The van der Waals surface area contributed by atoms with Crippen molar-refractivity contribution in [3.05, 3.63) is 95.0 Å². The van der Waals surface area contributed by atoms with Gasteiger partial charge in [0.2, 0.25) is 0 Å². The predicted octanol–water partition coefficient (Wildman–Crippen LogP) is 6.12. The molecule has 0 saturated carbocycles. The molecule has 0 bridgehead atoms. The van der Waals surface area contributed by atoms with Gasteiger partial charge in [-0.2, -0.15) is 0 Å². The number of hydrogen-bond donors (Lipinski definition) is 0. The van der Waals surface area contributed by atoms with Crippen LogP contribution in [-0.4, -0.2) is 17.4 Å². The first kappa shape index (κ1) is 18.1. The number of para-hydroxylation sites is 2. The molecule has 28 heavy (non-hydrogen) atoms. The molecule has 0 unspecified atom stereocenters. The van der Waals surface area contributed by atoms with Crippen LogP contribution in [0, 0.1) is 0 Å². The fraction of sp³-hybridized carbons (Fsp3) is 0.0833. The number of nitrogens with zero attached hydrogens (tertiary/aromatic N) is 1. The SMILES string of the molecule is CCOc1ccccc1C=C(C(=O)c1ccccc1)c1nc2ccccc2s1. The van der Waals surface area contributed by atoms with Crippen LogP contribution < -0.4 is 4.74 Å². The molecule has 1 heterocycles. The maximum Gasteiger partial charge on any atom is 0.196 e. The monoisotopic (exact) mass is 385 g/mol. The lowest BCUT2D eigenvalue weighted by Gasteiger charge is -2.09. The zero-order chi connectivity index (χ0) is 19.3. The summed E-state index contributed by atoms with van der Waals surface area (Å²) in [7, 11) is 0. The van der Waals surface area contributed by atoms with Gasteiger partial charge in [0.1, 0.15) is 10.8 Å². The Kier molecular flexibility index (Phi) is 5.31. The van der Waals surface area contributed by atoms with Crippen molar-refractivity contribution in [3.63, 3.8) is 0 Å². The number of ketones is 1. The summed E-state index contributed by atoms with van der Waals surface area (Å²) in [6.45, 7) is 2.51. The van der Waals surface area contributed by atoms with Crippen molar-refractivity contribution in [2.75, 3.05) is 6.61 Å². The van der Waals surface area contributed by atoms with E-state index in [1.165, 1.54) is 11.3 Å². The minimum Gasteiger partial charge on any atom is -0.493 e. The van der Waals surface area contributed by atoms with Crippen LogP contribution in [0.15, 0.2) is 78.9 Å². The normalized spacial score (nSPS) is 11.5. The van der Waals surface area contributed by atoms with Crippen LogP contribution in [0.25, 0.3) is 21.9 Å². The number of fused-ring (bicyclic) bond motifs is 1. The number of carbonyl (C=O) groups is 1. The van der Waals surface area contributed by atoms with Gasteiger partial charge in [-0.05, 0) is 31.2 Å². The van der Waals surface area contributed by atoms with Crippen LogP contribution in [0.4, 0.5) is 0 Å². The minimum atomic E-state index is -0.0500. The number of Topliss-reactive ketones (excluding diaryl/α,β-unsaturated/α-hetero) is 1. The molecule has 4 aromatic rings. The maximum atomic E-state index is 13.4. The van der Waals surface area contributed by atoms with Gasteiger partial charge in [-0.1, -0.05) is 60.7 Å². The van der Waals surface area contributed by atoms with Crippen molar-refractivity contribution in [3.8, 4) is 5.75 Å². The van der Waals surface area contributed by atoms with E-state index in [0.29, 0.717) is 22.8 Å². The number of rotatable bonds is 6. The number of aromatic nitrogens is 1. The highest BCUT2D eigenvalue weighted by molar-refractivity contribution is 7.20. The number of allylic oxidation sites excluding steroid dienone is 1. The third-order valence-electron chi connectivity index (χ3n) is 4.32. The number of ether oxygens (including phenoxy) is 1. The summed E-state index contributed by atoms with van der Waals surface area (Å²) in [6, 6.07) is 25.0. The third-order valence-corrected chi connectivity index (χ3v) is 5.39. The Labute approximate surface area is 167 Å². The highest BCUT2D eigenvalue weighted by atomic mass is 32.1. The van der Waals surface area contributed by atoms with Crippen LogP contribution in [-0.2, 0) is 0 Å². The molecular formula is C24H19NO2S. The minimum absolute atomic E-state index is 0.0500. The molecule has 3 nitrogen and oxygen atoms in total. The molecule has 0 amide bonds. The first-order chi connectivity index (χ1) is 13.8. The lowest BCUT2D eigenvalue weighted by Crippen LogP contribution is -2.03. The zero-order valence-corrected chi connectivity index (χ0v) is 16.3. The highest BCUT2D eigenvalue weighted by Gasteiger charge is 2.19. The average molecular weight is 385 g/mol. The molecule has 0 radical (unpaired) electrons. The van der Waals surface area contributed by atoms with E-state index >= 15 is 0 Å². The van der Waals surface area contributed by atoms with E-state index in [-0.39, 0.29) is 5.78 Å². The van der Waals surface area contributed by atoms with E-state index in [2.05, 4.69) is 0 Å². The van der Waals surface area contributed by atoms with Gasteiger partial charge in [0.15, 0.2) is 5.78 Å². The second kappa shape index (κ2) is 8.19. The summed E-state index contributed by atoms with van der Waals surface area (Å²) in [6.07, 6.45) is 1.89. The Morgan fingerprint density at radius 3 is 2.46 bits per heavy atom. The van der Waals surface area contributed by atoms with Gasteiger partial charge in [0.05, 0.1) is 22.4 Å². The van der Waals surface area contributed by atoms with E-state index < -0.39 is 0 Å². The Hall–Kier alpha value is -3.24. The van der Waals surface area contributed by atoms with Crippen molar-refractivity contribution in [2.24, 2.45) is 0 Å². The Morgan fingerprint density at radius 2 is 1.68 bits per heavy atom. The van der Waals surface area contributed by atoms with Crippen molar-refractivity contribution in [2.45, 2.75) is 6.92 Å². The summed E-state index contributed by atoms with van der Waals surface area (Å²) in [5.74, 6) is 0.704. The second-order valence-electron chi connectivity index (χ2n) is 6.21. The first-order valence-corrected chi connectivity index (χ1v) is 9.97. The number of benzene rings is 3. The topological polar surface area (TPSA) is 39.2 Å². The molecule has 0 N–H and O–H groups in total. The van der Waals surface area contributed by atoms with Gasteiger partial charge < -0.3 is 4.74 Å². The number of thiazole rings is 1. The lowest BCUT2D eigenvalue weighted by molar-refractivity contribution is 0.105. The summed E-state index contributed by atoms with van der Waals surface area (Å²) in [5.41, 5.74) is 2.97. The highest BCUT2D eigenvalue weighted by Crippen LogP contribution is 2.32. The summed E-state index contributed by atoms with van der Waals surface area (Å²) in [5, 5.41) is 0.710. The quantitative estimate of drug-likeness (QED) is 0.296. The van der Waals surface area contributed by atoms with Crippen molar-refractivity contribution < 1.29 is 9.53 Å². The van der Waals surface area contributed by atoms with E-state index in [1.807, 2.05) is 91.9 Å². The summed E-state index contributed by atoms with van der Waals surface area (Å²) in [4.78, 5) is 18.1. The van der Waals surface area contributed by atoms with Gasteiger partial charge in [-0.15, -0.1) is 11.3 Å². The standard InChI is InChI=1S/C24H19NO2S/c1-2-27-21-14-8-6-12-18(21)16-19(23(26)17-10-4-3-5-11-17)24-25-20-13-7-9-15-22(20)28-24/h3-16H,2H2,1H3. The number of carbonyl (C=O) groups excluding carboxylic acids is 1. The van der Waals surface area contributed by atoms with E-state index in [9.17, 15) is 4.79 Å². The molecule has 4 rings (SSSR count). The summed E-state index contributed by atoms with van der Waals surface area (Å²) < 4.78 is 6.80. The largest absolute Gasteiger partial charge is 0.493 e. The van der Waals surface area contributed by atoms with Crippen molar-refractivity contribution in [1.29, 1.82) is 0 Å². The van der Waals surface area contributed by atoms with Gasteiger partial charge in [-0.3, -0.25) is 4.79 Å². The fourth-order valence-corrected chi connectivity index (χ4v) is 3.98. The molecule has 0 saturated heterocycles. The fourth-order valence-electron chi connectivity index (χ4n) is 3.00. The van der Waals surface area contributed by atoms with Crippen LogP contribution in [0.2, 0.25) is 0 Å². The Balaban J connectivity index is 1.87. The predicted molar refractivity (Wildman–Crippen MR) is 116 cm³/mol. The van der Waals surface area contributed by atoms with E-state index in [0.717, 1.165) is 21.5 Å². The van der Waals surface area contributed by atoms with Gasteiger partial charge in [0, 0.05) is 11.1 Å². The number of hydrogen-bond acceptors (Lipinski definition) is 4. The molecule has 3 aromatic carbocycles. The van der Waals surface area contributed by atoms with Crippen LogP contribution >= 0.6 is 11.3 Å². The van der Waals surface area contributed by atoms with Crippen molar-refractivity contribution >= 4 is 39.0 Å². The lowest BCUT2D eigenvalue weighted by atomic mass is 10.0. The van der Waals surface area contributed by atoms with E-state index in [4.69, 9.17) is 9.72 Å². The second-order valence-corrected chi connectivity index (χ2v) is 7.24. The van der Waals surface area contributed by atoms with E-state index in [1.54, 1.807) is 0 Å². The maximum absolute atomic E-state index is 13.4. The van der Waals surface area contributed by atoms with Crippen LogP contribution in [0.3, 0.4) is 0 Å². The molecule has 1 aromatic heterocycles. The molecule has 0 aliphatic rings. The average Bonchev–Trinajstić information content (AvgIpc) is 3.17. The molecule has 0 aliphatic heterocycles. The smallest absolute Gasteiger partial charge is 0.196 e. The third kappa shape index (κ3) is 3.73. The molecular weight excluding hydrogens is 366 g/mol. The molecule has 0 fully saturated rings. The molecule has 138 valence electrons. The van der Waals surface area contributed by atoms with Crippen molar-refractivity contribution in [1.82, 2.24) is 4.98 Å². The molecule has 0 aliphatic carbocycles. The van der Waals surface area contributed by atoms with Crippen LogP contribution in [0.1, 0.15) is 27.9 Å². The van der Waals surface area contributed by atoms with Gasteiger partial charge >= 0.3 is 0 Å².